The van der Waals surface area contributed by atoms with Gasteiger partial charge in [0.1, 0.15) is 0 Å². The Morgan fingerprint density at radius 3 is 2.62 bits per heavy atom. The second-order valence-corrected chi connectivity index (χ2v) is 5.56. The molecule has 3 aromatic rings. The minimum Gasteiger partial charge on any atom is -0.329 e. The van der Waals surface area contributed by atoms with E-state index < -0.39 is 0 Å². The Labute approximate surface area is 125 Å². The van der Waals surface area contributed by atoms with Crippen LogP contribution >= 0.6 is 0 Å². The normalized spacial score (nSPS) is 12.7. The highest BCUT2D eigenvalue weighted by Crippen LogP contribution is 2.14. The number of hydrogen-bond acceptors (Lipinski definition) is 2. The van der Waals surface area contributed by atoms with Crippen molar-refractivity contribution in [3.05, 3.63) is 66.0 Å². The van der Waals surface area contributed by atoms with E-state index in [0.717, 1.165) is 18.5 Å². The molecule has 0 spiro atoms. The number of para-hydroxylation sites is 2. The molecule has 0 saturated heterocycles. The van der Waals surface area contributed by atoms with Crippen LogP contribution in [0.25, 0.3) is 11.0 Å². The summed E-state index contributed by atoms with van der Waals surface area (Å²) in [6.45, 7) is 3.04. The summed E-state index contributed by atoms with van der Waals surface area (Å²) in [6.07, 6.45) is 2.95. The largest absolute Gasteiger partial charge is 0.329 e. The molecule has 0 bridgehead atoms. The van der Waals surface area contributed by atoms with Gasteiger partial charge < -0.3 is 9.88 Å². The van der Waals surface area contributed by atoms with Crippen molar-refractivity contribution >= 4 is 11.0 Å². The molecular formula is C18H21N3. The SMILES string of the molecule is CNC(Cc1ccc(C)cc1)Cn1cnc2ccccc21. The van der Waals surface area contributed by atoms with Gasteiger partial charge in [-0.25, -0.2) is 4.98 Å². The maximum absolute atomic E-state index is 4.46. The number of hydrogen-bond donors (Lipinski definition) is 1. The Balaban J connectivity index is 1.76. The minimum absolute atomic E-state index is 0.394. The zero-order valence-electron chi connectivity index (χ0n) is 12.6. The van der Waals surface area contributed by atoms with Crippen LogP contribution in [0.3, 0.4) is 0 Å². The van der Waals surface area contributed by atoms with Crippen molar-refractivity contribution in [3.8, 4) is 0 Å². The van der Waals surface area contributed by atoms with E-state index in [9.17, 15) is 0 Å². The molecule has 2 aromatic carbocycles. The smallest absolute Gasteiger partial charge is 0.0958 e. The average Bonchev–Trinajstić information content (AvgIpc) is 2.92. The predicted octanol–water partition coefficient (Wildman–Crippen LogP) is 3.18. The van der Waals surface area contributed by atoms with Crippen molar-refractivity contribution in [2.75, 3.05) is 7.05 Å². The molecule has 108 valence electrons. The summed E-state index contributed by atoms with van der Waals surface area (Å²) in [5.74, 6) is 0. The van der Waals surface area contributed by atoms with E-state index in [1.165, 1.54) is 16.6 Å². The molecule has 1 heterocycles. The second kappa shape index (κ2) is 6.10. The van der Waals surface area contributed by atoms with Gasteiger partial charge in [0.2, 0.25) is 0 Å². The van der Waals surface area contributed by atoms with Gasteiger partial charge in [-0.3, -0.25) is 0 Å². The first-order valence-electron chi connectivity index (χ1n) is 7.39. The number of nitrogens with zero attached hydrogens (tertiary/aromatic N) is 2. The van der Waals surface area contributed by atoms with E-state index in [1.54, 1.807) is 0 Å². The van der Waals surface area contributed by atoms with E-state index in [0.29, 0.717) is 6.04 Å². The molecule has 1 unspecified atom stereocenters. The van der Waals surface area contributed by atoms with E-state index >= 15 is 0 Å². The molecule has 1 atom stereocenters. The molecule has 0 saturated carbocycles. The fourth-order valence-corrected chi connectivity index (χ4v) is 2.66. The van der Waals surface area contributed by atoms with Crippen LogP contribution in [0.1, 0.15) is 11.1 Å². The molecule has 0 fully saturated rings. The zero-order chi connectivity index (χ0) is 14.7. The minimum atomic E-state index is 0.394. The number of likely N-dealkylation sites (N-methyl/N-ethyl adjacent to an activating group) is 1. The predicted molar refractivity (Wildman–Crippen MR) is 87.5 cm³/mol. The number of aromatic nitrogens is 2. The van der Waals surface area contributed by atoms with E-state index in [1.807, 2.05) is 19.4 Å². The third-order valence-electron chi connectivity index (χ3n) is 3.96. The van der Waals surface area contributed by atoms with Crippen molar-refractivity contribution < 1.29 is 0 Å². The number of imidazole rings is 1. The quantitative estimate of drug-likeness (QED) is 0.777. The summed E-state index contributed by atoms with van der Waals surface area (Å²) in [6, 6.07) is 17.4. The topological polar surface area (TPSA) is 29.9 Å². The number of aryl methyl sites for hydroxylation is 1. The van der Waals surface area contributed by atoms with Crippen molar-refractivity contribution in [2.45, 2.75) is 25.9 Å². The van der Waals surface area contributed by atoms with Gasteiger partial charge in [0.25, 0.3) is 0 Å². The summed E-state index contributed by atoms with van der Waals surface area (Å²) in [5, 5.41) is 3.42. The van der Waals surface area contributed by atoms with Crippen LogP contribution in [0.15, 0.2) is 54.9 Å². The van der Waals surface area contributed by atoms with E-state index in [4.69, 9.17) is 0 Å². The Morgan fingerprint density at radius 2 is 1.86 bits per heavy atom. The highest BCUT2D eigenvalue weighted by Gasteiger charge is 2.10. The van der Waals surface area contributed by atoms with E-state index in [2.05, 4.69) is 64.3 Å². The number of fused-ring (bicyclic) bond motifs is 1. The molecule has 0 aliphatic rings. The van der Waals surface area contributed by atoms with Crippen molar-refractivity contribution in [1.82, 2.24) is 14.9 Å². The van der Waals surface area contributed by atoms with E-state index in [-0.39, 0.29) is 0 Å². The Hall–Kier alpha value is -2.13. The Kier molecular flexibility index (Phi) is 4.02. The van der Waals surface area contributed by atoms with Crippen LogP contribution in [0, 0.1) is 6.92 Å². The number of rotatable bonds is 5. The van der Waals surface area contributed by atoms with Gasteiger partial charge in [0.15, 0.2) is 0 Å². The Bertz CT molecular complexity index is 713. The first-order valence-corrected chi connectivity index (χ1v) is 7.39. The summed E-state index contributed by atoms with van der Waals surface area (Å²) in [7, 11) is 2.03. The highest BCUT2D eigenvalue weighted by atomic mass is 15.1. The van der Waals surface area contributed by atoms with Crippen LogP contribution in [0.4, 0.5) is 0 Å². The van der Waals surface area contributed by atoms with Gasteiger partial charge in [-0.2, -0.15) is 0 Å². The van der Waals surface area contributed by atoms with Crippen LogP contribution in [-0.2, 0) is 13.0 Å². The summed E-state index contributed by atoms with van der Waals surface area (Å²) >= 11 is 0. The molecular weight excluding hydrogens is 258 g/mol. The lowest BCUT2D eigenvalue weighted by molar-refractivity contribution is 0.485. The molecule has 3 nitrogen and oxygen atoms in total. The summed E-state index contributed by atoms with van der Waals surface area (Å²) < 4.78 is 2.23. The lowest BCUT2D eigenvalue weighted by atomic mass is 10.0. The van der Waals surface area contributed by atoms with Gasteiger partial charge >= 0.3 is 0 Å². The lowest BCUT2D eigenvalue weighted by Crippen LogP contribution is -2.32. The number of benzene rings is 2. The maximum atomic E-state index is 4.46. The maximum Gasteiger partial charge on any atom is 0.0958 e. The molecule has 1 N–H and O–H groups in total. The monoisotopic (exact) mass is 279 g/mol. The van der Waals surface area contributed by atoms with Crippen molar-refractivity contribution in [1.29, 1.82) is 0 Å². The van der Waals surface area contributed by atoms with Gasteiger partial charge in [-0.05, 0) is 38.1 Å². The van der Waals surface area contributed by atoms with Crippen LogP contribution in [0.5, 0.6) is 0 Å². The molecule has 3 rings (SSSR count). The second-order valence-electron chi connectivity index (χ2n) is 5.56. The van der Waals surface area contributed by atoms with Gasteiger partial charge in [0, 0.05) is 12.6 Å². The first-order chi connectivity index (χ1) is 10.3. The summed E-state index contributed by atoms with van der Waals surface area (Å²) in [4.78, 5) is 4.46. The molecule has 0 amide bonds. The van der Waals surface area contributed by atoms with Gasteiger partial charge in [-0.15, -0.1) is 0 Å². The zero-order valence-corrected chi connectivity index (χ0v) is 12.6. The highest BCUT2D eigenvalue weighted by molar-refractivity contribution is 5.74. The fraction of sp³-hybridized carbons (Fsp3) is 0.278. The molecule has 0 aliphatic heterocycles. The molecule has 1 aromatic heterocycles. The van der Waals surface area contributed by atoms with Crippen LogP contribution < -0.4 is 5.32 Å². The van der Waals surface area contributed by atoms with Crippen molar-refractivity contribution in [2.24, 2.45) is 0 Å². The molecule has 21 heavy (non-hydrogen) atoms. The standard InChI is InChI=1S/C18H21N3/c1-14-7-9-15(10-8-14)11-16(19-2)12-21-13-20-17-5-3-4-6-18(17)21/h3-10,13,16,19H,11-12H2,1-2H3. The lowest BCUT2D eigenvalue weighted by Gasteiger charge is -2.17. The summed E-state index contributed by atoms with van der Waals surface area (Å²) in [5.41, 5.74) is 4.93. The average molecular weight is 279 g/mol. The van der Waals surface area contributed by atoms with Crippen molar-refractivity contribution in [3.63, 3.8) is 0 Å². The third kappa shape index (κ3) is 3.14. The molecule has 0 aliphatic carbocycles. The van der Waals surface area contributed by atoms with Crippen LogP contribution in [-0.4, -0.2) is 22.6 Å². The number of nitrogens with one attached hydrogen (secondary N) is 1. The van der Waals surface area contributed by atoms with Crippen LogP contribution in [0.2, 0.25) is 0 Å². The molecule has 0 radical (unpaired) electrons. The molecule has 3 heteroatoms. The van der Waals surface area contributed by atoms with Gasteiger partial charge in [0.05, 0.1) is 17.4 Å². The fourth-order valence-electron chi connectivity index (χ4n) is 2.66. The Morgan fingerprint density at radius 1 is 1.10 bits per heavy atom. The third-order valence-corrected chi connectivity index (χ3v) is 3.96. The van der Waals surface area contributed by atoms with Gasteiger partial charge in [-0.1, -0.05) is 42.0 Å². The first kappa shape index (κ1) is 13.8.